The molecule has 0 bridgehead atoms. The summed E-state index contributed by atoms with van der Waals surface area (Å²) < 4.78 is 0. The molecular formula is C11H11N3O2. The maximum atomic E-state index is 12.2. The number of carbonyl (C=O) groups excluding carboxylic acids is 2. The monoisotopic (exact) mass is 217 g/mol. The molecule has 0 radical (unpaired) electrons. The Labute approximate surface area is 92.5 Å². The number of aromatic nitrogens is 1. The van der Waals surface area contributed by atoms with Gasteiger partial charge in [-0.15, -0.1) is 0 Å². The number of fused-ring (bicyclic) bond motifs is 2. The van der Waals surface area contributed by atoms with E-state index in [9.17, 15) is 9.59 Å². The third kappa shape index (κ3) is 1.21. The summed E-state index contributed by atoms with van der Waals surface area (Å²) in [5, 5.41) is 2.78. The second-order valence-electron chi connectivity index (χ2n) is 4.07. The van der Waals surface area contributed by atoms with Crippen LogP contribution in [0, 0.1) is 0 Å². The van der Waals surface area contributed by atoms with E-state index < -0.39 is 0 Å². The van der Waals surface area contributed by atoms with Crippen molar-refractivity contribution in [2.75, 3.05) is 11.9 Å². The Morgan fingerprint density at radius 3 is 3.19 bits per heavy atom. The molecule has 2 aliphatic heterocycles. The van der Waals surface area contributed by atoms with Crippen molar-refractivity contribution in [3.63, 3.8) is 0 Å². The van der Waals surface area contributed by atoms with Crippen LogP contribution in [0.5, 0.6) is 0 Å². The molecule has 0 aromatic carbocycles. The van der Waals surface area contributed by atoms with Gasteiger partial charge in [0.05, 0.1) is 11.3 Å². The number of amides is 2. The van der Waals surface area contributed by atoms with Crippen molar-refractivity contribution in [2.24, 2.45) is 0 Å². The molecule has 1 fully saturated rings. The highest BCUT2D eigenvalue weighted by Gasteiger charge is 2.38. The summed E-state index contributed by atoms with van der Waals surface area (Å²) in [4.78, 5) is 29.6. The molecule has 2 amide bonds. The van der Waals surface area contributed by atoms with Crippen molar-refractivity contribution in [1.82, 2.24) is 9.88 Å². The fourth-order valence-electron chi connectivity index (χ4n) is 2.33. The minimum absolute atomic E-state index is 0.0872. The van der Waals surface area contributed by atoms with Crippen molar-refractivity contribution >= 4 is 17.5 Å². The zero-order chi connectivity index (χ0) is 11.1. The number of rotatable bonds is 0. The number of pyridine rings is 1. The van der Waals surface area contributed by atoms with Crippen molar-refractivity contribution in [1.29, 1.82) is 0 Å². The summed E-state index contributed by atoms with van der Waals surface area (Å²) >= 11 is 0. The smallest absolute Gasteiger partial charge is 0.258 e. The molecule has 1 atom stereocenters. The predicted octanol–water partition coefficient (Wildman–Crippen LogP) is 0.638. The van der Waals surface area contributed by atoms with Gasteiger partial charge in [-0.2, -0.15) is 0 Å². The Hall–Kier alpha value is -1.91. The maximum Gasteiger partial charge on any atom is 0.258 e. The lowest BCUT2D eigenvalue weighted by molar-refractivity contribution is -0.119. The second kappa shape index (κ2) is 3.30. The maximum absolute atomic E-state index is 12.2. The van der Waals surface area contributed by atoms with Crippen LogP contribution in [-0.2, 0) is 4.79 Å². The molecule has 1 aromatic rings. The van der Waals surface area contributed by atoms with Gasteiger partial charge in [-0.1, -0.05) is 0 Å². The highest BCUT2D eigenvalue weighted by atomic mass is 16.2. The van der Waals surface area contributed by atoms with Crippen LogP contribution in [0.1, 0.15) is 23.2 Å². The van der Waals surface area contributed by atoms with Crippen LogP contribution in [0.25, 0.3) is 0 Å². The molecule has 1 aromatic heterocycles. The highest BCUT2D eigenvalue weighted by molar-refractivity contribution is 6.09. The molecule has 5 heteroatoms. The second-order valence-corrected chi connectivity index (χ2v) is 4.07. The third-order valence-electron chi connectivity index (χ3n) is 3.13. The van der Waals surface area contributed by atoms with Gasteiger partial charge in [-0.25, -0.2) is 0 Å². The first-order valence-electron chi connectivity index (χ1n) is 5.33. The first-order valence-corrected chi connectivity index (χ1v) is 5.33. The average Bonchev–Trinajstić information content (AvgIpc) is 2.74. The standard InChI is InChI=1S/C11H11N3O2/c15-10-9-2-1-5-14(9)11(16)7-6-12-4-3-8(7)13-10/h3-4,6,9H,1-2,5H2,(H,13,15)/t9-/m0/s1. The number of nitrogens with zero attached hydrogens (tertiary/aromatic N) is 2. The van der Waals surface area contributed by atoms with Gasteiger partial charge < -0.3 is 10.2 Å². The summed E-state index contributed by atoms with van der Waals surface area (Å²) in [6.45, 7) is 0.658. The molecular weight excluding hydrogens is 206 g/mol. The van der Waals surface area contributed by atoms with Gasteiger partial charge >= 0.3 is 0 Å². The summed E-state index contributed by atoms with van der Waals surface area (Å²) in [7, 11) is 0. The van der Waals surface area contributed by atoms with Crippen molar-refractivity contribution in [3.05, 3.63) is 24.0 Å². The fraction of sp³-hybridized carbons (Fsp3) is 0.364. The summed E-state index contributed by atoms with van der Waals surface area (Å²) in [5.41, 5.74) is 1.06. The van der Waals surface area contributed by atoms with E-state index in [1.165, 1.54) is 6.20 Å². The van der Waals surface area contributed by atoms with Crippen LogP contribution >= 0.6 is 0 Å². The molecule has 3 rings (SSSR count). The quantitative estimate of drug-likeness (QED) is 0.693. The summed E-state index contributed by atoms with van der Waals surface area (Å²) in [6.07, 6.45) is 4.72. The van der Waals surface area contributed by atoms with Crippen LogP contribution in [0.4, 0.5) is 5.69 Å². The molecule has 5 nitrogen and oxygen atoms in total. The first-order chi connectivity index (χ1) is 7.77. The molecule has 3 heterocycles. The van der Waals surface area contributed by atoms with E-state index in [2.05, 4.69) is 10.3 Å². The Kier molecular flexibility index (Phi) is 1.92. The van der Waals surface area contributed by atoms with E-state index >= 15 is 0 Å². The van der Waals surface area contributed by atoms with Gasteiger partial charge in [0.15, 0.2) is 0 Å². The minimum Gasteiger partial charge on any atom is -0.326 e. The number of hydrogen-bond donors (Lipinski definition) is 1. The van der Waals surface area contributed by atoms with E-state index in [-0.39, 0.29) is 17.9 Å². The SMILES string of the molecule is O=C1Nc2ccncc2C(=O)N2CCC[C@@H]12. The highest BCUT2D eigenvalue weighted by Crippen LogP contribution is 2.27. The van der Waals surface area contributed by atoms with Crippen LogP contribution in [0.3, 0.4) is 0 Å². The topological polar surface area (TPSA) is 62.3 Å². The lowest BCUT2D eigenvalue weighted by atomic mass is 10.2. The third-order valence-corrected chi connectivity index (χ3v) is 3.13. The molecule has 82 valence electrons. The molecule has 16 heavy (non-hydrogen) atoms. The van der Waals surface area contributed by atoms with E-state index in [1.54, 1.807) is 17.2 Å². The summed E-state index contributed by atoms with van der Waals surface area (Å²) in [6, 6.07) is 1.35. The van der Waals surface area contributed by atoms with Crippen LogP contribution in [0.15, 0.2) is 18.5 Å². The number of hydrogen-bond acceptors (Lipinski definition) is 3. The lowest BCUT2D eigenvalue weighted by Crippen LogP contribution is -2.40. The number of anilines is 1. The van der Waals surface area contributed by atoms with Gasteiger partial charge in [-0.3, -0.25) is 14.6 Å². The largest absolute Gasteiger partial charge is 0.326 e. The van der Waals surface area contributed by atoms with Crippen LogP contribution < -0.4 is 5.32 Å². The molecule has 0 saturated carbocycles. The average molecular weight is 217 g/mol. The Morgan fingerprint density at radius 1 is 1.44 bits per heavy atom. The Balaban J connectivity index is 2.11. The number of nitrogens with one attached hydrogen (secondary N) is 1. The van der Waals surface area contributed by atoms with Gasteiger partial charge in [0.1, 0.15) is 6.04 Å². The zero-order valence-corrected chi connectivity index (χ0v) is 8.64. The van der Waals surface area contributed by atoms with Crippen LogP contribution in [-0.4, -0.2) is 34.3 Å². The fourth-order valence-corrected chi connectivity index (χ4v) is 2.33. The summed E-state index contributed by atoms with van der Waals surface area (Å²) in [5.74, 6) is -0.181. The molecule has 2 aliphatic rings. The molecule has 0 spiro atoms. The van der Waals surface area contributed by atoms with Crippen molar-refractivity contribution in [2.45, 2.75) is 18.9 Å². The van der Waals surface area contributed by atoms with Crippen LogP contribution in [0.2, 0.25) is 0 Å². The van der Waals surface area contributed by atoms with Gasteiger partial charge in [0.25, 0.3) is 5.91 Å². The van der Waals surface area contributed by atoms with Gasteiger partial charge in [-0.05, 0) is 18.9 Å². The van der Waals surface area contributed by atoms with Gasteiger partial charge in [0, 0.05) is 18.9 Å². The Bertz CT molecular complexity index is 472. The zero-order valence-electron chi connectivity index (χ0n) is 8.64. The Morgan fingerprint density at radius 2 is 2.31 bits per heavy atom. The van der Waals surface area contributed by atoms with Gasteiger partial charge in [0.2, 0.25) is 5.91 Å². The van der Waals surface area contributed by atoms with E-state index in [0.29, 0.717) is 17.8 Å². The lowest BCUT2D eigenvalue weighted by Gasteiger charge is -2.19. The van der Waals surface area contributed by atoms with E-state index in [0.717, 1.165) is 12.8 Å². The van der Waals surface area contributed by atoms with E-state index in [4.69, 9.17) is 0 Å². The van der Waals surface area contributed by atoms with E-state index in [1.807, 2.05) is 0 Å². The predicted molar refractivity (Wildman–Crippen MR) is 56.9 cm³/mol. The van der Waals surface area contributed by atoms with Crippen molar-refractivity contribution < 1.29 is 9.59 Å². The number of carbonyl (C=O) groups is 2. The molecule has 0 aliphatic carbocycles. The normalized spacial score (nSPS) is 23.5. The minimum atomic E-state index is -0.306. The molecule has 0 unspecified atom stereocenters. The molecule has 1 N–H and O–H groups in total. The first kappa shape index (κ1) is 9.33. The van der Waals surface area contributed by atoms with Crippen molar-refractivity contribution in [3.8, 4) is 0 Å². The molecule has 1 saturated heterocycles.